The van der Waals surface area contributed by atoms with Gasteiger partial charge in [-0.3, -0.25) is 9.59 Å². The van der Waals surface area contributed by atoms with Gasteiger partial charge in [-0.1, -0.05) is 130 Å². The fraction of sp³-hybridized carbons (Fsp3) is 0.646. The SMILES string of the molecule is CC(C)(C)OC(=O)NCC1CCN(c2ccc(-c3cnn(COCC[Si](C)(C)C)c3)cc2NC(=O)c2nc(-c3cnn(COCC[Si](C)(C)C)c3)cn2COCC[Si](C)(C)C)CC1.CC(C)(C)OC(=O)NCC1CCN(c2ccc(-c3cnn(COCC[Si](C)(C)C)c3)cc2NC(=O)c2nc(Br)cn2COCC[Si](C)(C)C)CC1.CC1(C)OB(c2cnn(COCC[Si](C)(C)C)c2)OC1(C)C. The number of anilines is 4. The van der Waals surface area contributed by atoms with E-state index < -0.39 is 71.8 Å². The van der Waals surface area contributed by atoms with Crippen LogP contribution in [-0.4, -0.2) is 239 Å². The molecule has 9 heterocycles. The lowest BCUT2D eigenvalue weighted by atomic mass is 9.82. The van der Waals surface area contributed by atoms with Gasteiger partial charge < -0.3 is 87.4 Å². The van der Waals surface area contributed by atoms with Crippen LogP contribution in [0.3, 0.4) is 0 Å². The molecule has 0 atom stereocenters. The Morgan fingerprint density at radius 2 is 0.735 bits per heavy atom. The number of aromatic nitrogens is 12. The summed E-state index contributed by atoms with van der Waals surface area (Å²) in [6.07, 6.45) is 21.4. The number of amides is 4. The van der Waals surface area contributed by atoms with Crippen LogP contribution in [0.5, 0.6) is 0 Å². The molecule has 0 saturated carbocycles. The van der Waals surface area contributed by atoms with E-state index in [0.29, 0.717) is 99.9 Å². The van der Waals surface area contributed by atoms with Gasteiger partial charge in [0.25, 0.3) is 11.8 Å². The van der Waals surface area contributed by atoms with Gasteiger partial charge in [-0.2, -0.15) is 20.4 Å². The van der Waals surface area contributed by atoms with E-state index in [1.165, 1.54) is 6.04 Å². The Labute approximate surface area is 824 Å². The van der Waals surface area contributed by atoms with Gasteiger partial charge >= 0.3 is 19.3 Å². The predicted octanol–water partition coefficient (Wildman–Crippen LogP) is 20.2. The smallest absolute Gasteiger partial charge is 0.444 e. The third kappa shape index (κ3) is 39.1. The second-order valence-corrected chi connectivity index (χ2v) is 81.1. The number of ether oxygens (including phenoxy) is 8. The first-order chi connectivity index (χ1) is 63.4. The van der Waals surface area contributed by atoms with Crippen molar-refractivity contribution in [3.05, 3.63) is 115 Å². The summed E-state index contributed by atoms with van der Waals surface area (Å²) in [6, 6.07) is 18.8. The molecule has 11 rings (SSSR count). The number of benzene rings is 2. The summed E-state index contributed by atoms with van der Waals surface area (Å²) in [5.74, 6) is 0.466. The number of hydrogen-bond donors (Lipinski definition) is 4. The summed E-state index contributed by atoms with van der Waals surface area (Å²) in [7, 11) is -7.58. The van der Waals surface area contributed by atoms with E-state index in [1.54, 1.807) is 41.8 Å². The first kappa shape index (κ1) is 112. The number of rotatable bonds is 44. The predicted molar refractivity (Wildman–Crippen MR) is 566 cm³/mol. The molecule has 754 valence electrons. The van der Waals surface area contributed by atoms with Crippen molar-refractivity contribution in [1.29, 1.82) is 0 Å². The molecule has 0 radical (unpaired) electrons. The number of nitrogens with one attached hydrogen (secondary N) is 4. The molecule has 8 aromatic rings. The molecule has 6 aromatic heterocycles. The highest BCUT2D eigenvalue weighted by molar-refractivity contribution is 9.10. The Morgan fingerprint density at radius 3 is 1.09 bits per heavy atom. The highest BCUT2D eigenvalue weighted by Gasteiger charge is 2.52. The number of imidazole rings is 2. The zero-order valence-corrected chi connectivity index (χ0v) is 94.7. The average molecular weight is 2050 g/mol. The average Bonchev–Trinajstić information content (AvgIpc) is 1.61. The van der Waals surface area contributed by atoms with Gasteiger partial charge in [0, 0.05) is 193 Å². The quantitative estimate of drug-likeness (QED) is 0.0204. The van der Waals surface area contributed by atoms with Gasteiger partial charge in [0.2, 0.25) is 11.6 Å². The minimum absolute atomic E-state index is 0.186. The van der Waals surface area contributed by atoms with Crippen LogP contribution in [0.2, 0.25) is 154 Å². The fourth-order valence-corrected chi connectivity index (χ4v) is 19.3. The van der Waals surface area contributed by atoms with Gasteiger partial charge in [0.05, 0.1) is 58.2 Å². The van der Waals surface area contributed by atoms with Crippen LogP contribution in [0, 0.1) is 11.8 Å². The molecule has 3 fully saturated rings. The monoisotopic (exact) mass is 2050 g/mol. The summed E-state index contributed by atoms with van der Waals surface area (Å²) in [6.45, 7) is 71.7. The Hall–Kier alpha value is -7.69. The number of piperidine rings is 2. The lowest BCUT2D eigenvalue weighted by Crippen LogP contribution is -2.41. The van der Waals surface area contributed by atoms with Crippen LogP contribution in [0.15, 0.2) is 103 Å². The maximum atomic E-state index is 14.6. The van der Waals surface area contributed by atoms with E-state index in [1.807, 2.05) is 102 Å². The molecule has 32 nitrogen and oxygen atoms in total. The van der Waals surface area contributed by atoms with Crippen LogP contribution in [0.4, 0.5) is 32.3 Å². The third-order valence-electron chi connectivity index (χ3n) is 23.6. The molecular formula is C96H162BBrN18O14Si6. The topological polar surface area (TPSA) is 322 Å². The molecule has 40 heteroatoms. The van der Waals surface area contributed by atoms with Crippen LogP contribution in [-0.2, 0) is 87.6 Å². The van der Waals surface area contributed by atoms with Crippen molar-refractivity contribution in [3.8, 4) is 33.5 Å². The molecule has 0 unspecified atom stereocenters. The standard InChI is InChI=1S/C45H75N9O6Si3.C36H58BrN7O5Si2.C15H29BN2O3Si/c1-45(2,3)60-44(56)46-26-35-15-17-51(18-16-35)41-14-13-36(37-27-47-53(29-37)33-58-20-23-62(7,8)9)25-39(41)50-43(55)42-49-40(31-52(42)32-57-19-22-61(4,5)6)38-28-48-54(30-38)34-59-21-24-63(10,11)12;1-36(2,3)49-35(46)38-21-27-12-14-42(15-13-27)31-11-10-28(29-22-39-44(23-29)26-48-17-19-51(7,8)9)20-30(31)40-34(45)33-41-32(37)24-43(33)25-47-16-18-50(4,5)6;1-14(2)15(3,4)21-16(20-14)13-10-17-18(11-13)12-19-8-9-22(5,6)7/h13-14,25,27-31,35H,15-24,26,32-34H2,1-12H3,(H,46,56)(H,50,55);10-11,20,22-24,27H,12-19,21,25-26H2,1-9H3,(H,38,46)(H,40,45);10-11H,8-9,12H2,1-7H3. The van der Waals surface area contributed by atoms with Crippen molar-refractivity contribution in [2.45, 2.75) is 312 Å². The molecule has 2 aromatic carbocycles. The van der Waals surface area contributed by atoms with Gasteiger partial charge in [0.1, 0.15) is 56.2 Å². The van der Waals surface area contributed by atoms with E-state index in [4.69, 9.17) is 52.2 Å². The van der Waals surface area contributed by atoms with Gasteiger partial charge in [0.15, 0.2) is 0 Å². The molecule has 3 aliphatic heterocycles. The third-order valence-corrected chi connectivity index (χ3v) is 34.2. The molecule has 3 saturated heterocycles. The maximum absolute atomic E-state index is 14.6. The summed E-state index contributed by atoms with van der Waals surface area (Å²) in [4.78, 5) is 67.0. The highest BCUT2D eigenvalue weighted by Crippen LogP contribution is 2.40. The van der Waals surface area contributed by atoms with Crippen molar-refractivity contribution < 1.29 is 66.4 Å². The number of carbonyl (C=O) groups excluding carboxylic acids is 4. The normalized spacial score (nSPS) is 15.4. The molecule has 0 spiro atoms. The largest absolute Gasteiger partial charge is 0.498 e. The van der Waals surface area contributed by atoms with Crippen molar-refractivity contribution in [2.24, 2.45) is 11.8 Å². The lowest BCUT2D eigenvalue weighted by Gasteiger charge is -2.35. The Kier molecular flexibility index (Phi) is 40.4. The van der Waals surface area contributed by atoms with Crippen molar-refractivity contribution in [3.63, 3.8) is 0 Å². The molecular weight excluding hydrogens is 1890 g/mol. The molecule has 3 aliphatic rings. The van der Waals surface area contributed by atoms with E-state index in [2.05, 4.69) is 242 Å². The molecule has 136 heavy (non-hydrogen) atoms. The Bertz CT molecular complexity index is 5090. The zero-order valence-electron chi connectivity index (χ0n) is 87.1. The minimum atomic E-state index is -1.34. The molecule has 4 N–H and O–H groups in total. The second kappa shape index (κ2) is 49.1. The van der Waals surface area contributed by atoms with Gasteiger partial charge in [-0.25, -0.2) is 38.3 Å². The Morgan fingerprint density at radius 1 is 0.419 bits per heavy atom. The lowest BCUT2D eigenvalue weighted by molar-refractivity contribution is 0.00578. The van der Waals surface area contributed by atoms with Crippen LogP contribution in [0.1, 0.15) is 116 Å². The van der Waals surface area contributed by atoms with Crippen molar-refractivity contribution in [1.82, 2.24) is 68.9 Å². The number of alkyl carbamates (subject to hydrolysis) is 2. The van der Waals surface area contributed by atoms with Gasteiger partial charge in [-0.05, 0) is 194 Å². The first-order valence-electron chi connectivity index (χ1n) is 48.4. The first-order valence-corrected chi connectivity index (χ1v) is 71.5. The molecule has 0 aliphatic carbocycles. The van der Waals surface area contributed by atoms with Gasteiger partial charge in [-0.15, -0.1) is 0 Å². The summed E-state index contributed by atoms with van der Waals surface area (Å²) in [5.41, 5.74) is 7.49. The Balaban J connectivity index is 0.000000253. The van der Waals surface area contributed by atoms with Crippen LogP contribution < -0.4 is 36.5 Å². The van der Waals surface area contributed by atoms with Crippen LogP contribution in [0.25, 0.3) is 33.5 Å². The van der Waals surface area contributed by atoms with Crippen molar-refractivity contribution in [2.75, 3.05) is 99.3 Å². The summed E-state index contributed by atoms with van der Waals surface area (Å²) < 4.78 is 69.9. The van der Waals surface area contributed by atoms with E-state index in [9.17, 15) is 19.2 Å². The number of carbonyl (C=O) groups is 4. The number of hydrogen-bond acceptors (Lipinski definition) is 22. The van der Waals surface area contributed by atoms with E-state index >= 15 is 0 Å². The van der Waals surface area contributed by atoms with E-state index in [-0.39, 0.29) is 55.2 Å². The number of halogens is 1. The summed E-state index contributed by atoms with van der Waals surface area (Å²) >= 11 is 3.45. The van der Waals surface area contributed by atoms with E-state index in [0.717, 1.165) is 140 Å². The maximum Gasteiger partial charge on any atom is 0.498 e. The highest BCUT2D eigenvalue weighted by atomic mass is 79.9. The molecule has 4 amide bonds. The fourth-order valence-electron chi connectivity index (χ4n) is 14.4. The number of nitrogens with zero attached hydrogens (tertiary/aromatic N) is 14. The van der Waals surface area contributed by atoms with Crippen molar-refractivity contribution >= 4 is 124 Å². The molecule has 0 bridgehead atoms. The minimum Gasteiger partial charge on any atom is -0.444 e. The zero-order chi connectivity index (χ0) is 100.0. The van der Waals surface area contributed by atoms with Crippen LogP contribution >= 0.6 is 15.9 Å². The summed E-state index contributed by atoms with van der Waals surface area (Å²) in [5, 5.41) is 30.3. The second-order valence-electron chi connectivity index (χ2n) is 46.6.